The predicted octanol–water partition coefficient (Wildman–Crippen LogP) is 4.01. The largest absolute Gasteiger partial charge is 0.422 e. The Kier molecular flexibility index (Phi) is 4.64. The number of rotatable bonds is 5. The van der Waals surface area contributed by atoms with Crippen LogP contribution in [-0.2, 0) is 6.54 Å². The lowest BCUT2D eigenvalue weighted by Gasteiger charge is -2.11. The van der Waals surface area contributed by atoms with Crippen molar-refractivity contribution in [3.63, 3.8) is 0 Å². The predicted molar refractivity (Wildman–Crippen MR) is 107 cm³/mol. The van der Waals surface area contributed by atoms with E-state index in [2.05, 4.69) is 0 Å². The highest BCUT2D eigenvalue weighted by atomic mass is 16.5. The zero-order valence-electron chi connectivity index (χ0n) is 15.0. The van der Waals surface area contributed by atoms with Crippen LogP contribution >= 0.6 is 0 Å². The second-order valence-electron chi connectivity index (χ2n) is 6.44. The van der Waals surface area contributed by atoms with Gasteiger partial charge in [0, 0.05) is 23.0 Å². The van der Waals surface area contributed by atoms with Crippen molar-refractivity contribution in [2.75, 3.05) is 0 Å². The zero-order chi connectivity index (χ0) is 19.5. The van der Waals surface area contributed by atoms with Gasteiger partial charge in [-0.05, 0) is 35.9 Å². The fourth-order valence-electron chi connectivity index (χ4n) is 3.19. The Hall–Kier alpha value is -3.86. The summed E-state index contributed by atoms with van der Waals surface area (Å²) in [7, 11) is 0. The van der Waals surface area contributed by atoms with Crippen molar-refractivity contribution < 1.29 is 14.3 Å². The van der Waals surface area contributed by atoms with Crippen molar-refractivity contribution in [2.45, 2.75) is 6.54 Å². The first-order valence-corrected chi connectivity index (χ1v) is 8.86. The summed E-state index contributed by atoms with van der Waals surface area (Å²) < 4.78 is 7.47. The van der Waals surface area contributed by atoms with Crippen LogP contribution in [-0.4, -0.2) is 16.4 Å². The summed E-state index contributed by atoms with van der Waals surface area (Å²) in [5, 5.41) is 0.955. The van der Waals surface area contributed by atoms with Crippen LogP contribution in [0.5, 0.6) is 5.75 Å². The lowest BCUT2D eigenvalue weighted by Crippen LogP contribution is -2.16. The van der Waals surface area contributed by atoms with Gasteiger partial charge in [0.2, 0.25) is 5.91 Å². The van der Waals surface area contributed by atoms with Crippen molar-refractivity contribution in [3.05, 3.63) is 102 Å². The van der Waals surface area contributed by atoms with E-state index in [1.54, 1.807) is 18.2 Å². The first-order chi connectivity index (χ1) is 13.6. The third-order valence-corrected chi connectivity index (χ3v) is 4.53. The summed E-state index contributed by atoms with van der Waals surface area (Å²) in [5.41, 5.74) is 8.05. The molecule has 0 unspecified atom stereocenters. The molecule has 28 heavy (non-hydrogen) atoms. The molecule has 3 aromatic carbocycles. The van der Waals surface area contributed by atoms with E-state index in [-0.39, 0.29) is 11.3 Å². The quantitative estimate of drug-likeness (QED) is 0.426. The molecular weight excluding hydrogens is 352 g/mol. The Bertz CT molecular complexity index is 1160. The van der Waals surface area contributed by atoms with Crippen molar-refractivity contribution in [3.8, 4) is 5.75 Å². The third kappa shape index (κ3) is 3.50. The molecule has 2 N–H and O–H groups in total. The van der Waals surface area contributed by atoms with E-state index in [0.29, 0.717) is 12.2 Å². The second kappa shape index (κ2) is 7.40. The van der Waals surface area contributed by atoms with Gasteiger partial charge in [0.25, 0.3) is 0 Å². The van der Waals surface area contributed by atoms with Gasteiger partial charge in [-0.15, -0.1) is 0 Å². The molecule has 0 saturated heterocycles. The number of nitrogens with two attached hydrogens (primary N) is 1. The van der Waals surface area contributed by atoms with Gasteiger partial charge in [0.15, 0.2) is 0 Å². The van der Waals surface area contributed by atoms with Gasteiger partial charge in [-0.25, -0.2) is 4.79 Å². The van der Waals surface area contributed by atoms with Crippen LogP contribution in [0.1, 0.15) is 26.4 Å². The van der Waals surface area contributed by atoms with Crippen molar-refractivity contribution in [1.82, 2.24) is 4.57 Å². The van der Waals surface area contributed by atoms with E-state index < -0.39 is 11.9 Å². The molecule has 1 heterocycles. The number of hydrogen-bond acceptors (Lipinski definition) is 3. The minimum absolute atomic E-state index is 0.276. The van der Waals surface area contributed by atoms with Gasteiger partial charge in [0.1, 0.15) is 11.4 Å². The fraction of sp³-hybridized carbons (Fsp3) is 0.0435. The normalized spacial score (nSPS) is 10.7. The molecule has 4 rings (SSSR count). The van der Waals surface area contributed by atoms with Gasteiger partial charge >= 0.3 is 5.97 Å². The number of primary amides is 1. The SMILES string of the molecule is NC(=O)c1cccc(OC(=O)c2cc3ccccc3n2Cc2ccccc2)c1. The molecule has 1 amide bonds. The molecule has 0 radical (unpaired) electrons. The zero-order valence-corrected chi connectivity index (χ0v) is 15.0. The molecule has 4 aromatic rings. The van der Waals surface area contributed by atoms with E-state index in [1.807, 2.05) is 65.2 Å². The Labute approximate surface area is 162 Å². The lowest BCUT2D eigenvalue weighted by atomic mass is 10.2. The molecule has 0 fully saturated rings. The molecule has 0 bridgehead atoms. The monoisotopic (exact) mass is 370 g/mol. The molecule has 1 aromatic heterocycles. The van der Waals surface area contributed by atoms with Crippen LogP contribution in [0, 0.1) is 0 Å². The molecule has 0 aliphatic rings. The van der Waals surface area contributed by atoms with Crippen molar-refractivity contribution in [1.29, 1.82) is 0 Å². The van der Waals surface area contributed by atoms with E-state index in [0.717, 1.165) is 16.5 Å². The van der Waals surface area contributed by atoms with Crippen molar-refractivity contribution >= 4 is 22.8 Å². The molecule has 138 valence electrons. The van der Waals surface area contributed by atoms with Crippen LogP contribution in [0.4, 0.5) is 0 Å². The number of ether oxygens (including phenoxy) is 1. The molecule has 0 spiro atoms. The molecule has 0 aliphatic carbocycles. The first kappa shape index (κ1) is 17.5. The molecule has 0 aliphatic heterocycles. The van der Waals surface area contributed by atoms with Crippen LogP contribution in [0.15, 0.2) is 84.9 Å². The third-order valence-electron chi connectivity index (χ3n) is 4.53. The molecular formula is C23H18N2O3. The van der Waals surface area contributed by atoms with E-state index in [1.165, 1.54) is 6.07 Å². The maximum absolute atomic E-state index is 12.9. The lowest BCUT2D eigenvalue weighted by molar-refractivity contribution is 0.0723. The minimum Gasteiger partial charge on any atom is -0.422 e. The molecule has 5 heteroatoms. The number of fused-ring (bicyclic) bond motifs is 1. The highest BCUT2D eigenvalue weighted by Gasteiger charge is 2.18. The Morgan fingerprint density at radius 3 is 2.39 bits per heavy atom. The second-order valence-corrected chi connectivity index (χ2v) is 6.44. The number of benzene rings is 3. The summed E-state index contributed by atoms with van der Waals surface area (Å²) in [6.07, 6.45) is 0. The number of carbonyl (C=O) groups is 2. The molecule has 0 atom stereocenters. The van der Waals surface area contributed by atoms with Gasteiger partial charge in [0.05, 0.1) is 0 Å². The highest BCUT2D eigenvalue weighted by Crippen LogP contribution is 2.23. The number of amides is 1. The molecule has 0 saturated carbocycles. The average molecular weight is 370 g/mol. The number of aromatic nitrogens is 1. The standard InChI is InChI=1S/C23H18N2O3/c24-22(26)18-10-6-11-19(13-18)28-23(27)21-14-17-9-4-5-12-20(17)25(21)15-16-7-2-1-3-8-16/h1-14H,15H2,(H2,24,26). The van der Waals surface area contributed by atoms with Gasteiger partial charge in [-0.2, -0.15) is 0 Å². The Morgan fingerprint density at radius 2 is 1.61 bits per heavy atom. The summed E-state index contributed by atoms with van der Waals surface area (Å²) in [4.78, 5) is 24.3. The number of nitrogens with zero attached hydrogens (tertiary/aromatic N) is 1. The van der Waals surface area contributed by atoms with Gasteiger partial charge in [-0.3, -0.25) is 4.79 Å². The average Bonchev–Trinajstić information content (AvgIpc) is 3.08. The van der Waals surface area contributed by atoms with E-state index in [9.17, 15) is 9.59 Å². The van der Waals surface area contributed by atoms with Crippen LogP contribution in [0.3, 0.4) is 0 Å². The minimum atomic E-state index is -0.573. The van der Waals surface area contributed by atoms with Crippen LogP contribution < -0.4 is 10.5 Å². The number of hydrogen-bond donors (Lipinski definition) is 1. The summed E-state index contributed by atoms with van der Waals surface area (Å²) in [6, 6.07) is 25.8. The summed E-state index contributed by atoms with van der Waals surface area (Å²) in [6.45, 7) is 0.542. The Balaban J connectivity index is 1.71. The van der Waals surface area contributed by atoms with Gasteiger partial charge in [-0.1, -0.05) is 54.6 Å². The van der Waals surface area contributed by atoms with Crippen molar-refractivity contribution in [2.24, 2.45) is 5.73 Å². The first-order valence-electron chi connectivity index (χ1n) is 8.86. The van der Waals surface area contributed by atoms with Gasteiger partial charge < -0.3 is 15.0 Å². The van der Waals surface area contributed by atoms with Crippen LogP contribution in [0.2, 0.25) is 0 Å². The maximum atomic E-state index is 12.9. The highest BCUT2D eigenvalue weighted by molar-refractivity contribution is 5.97. The Morgan fingerprint density at radius 1 is 0.857 bits per heavy atom. The number of carbonyl (C=O) groups excluding carboxylic acids is 2. The topological polar surface area (TPSA) is 74.3 Å². The maximum Gasteiger partial charge on any atom is 0.360 e. The summed E-state index contributed by atoms with van der Waals surface area (Å²) in [5.74, 6) is -0.789. The van der Waals surface area contributed by atoms with E-state index >= 15 is 0 Å². The molecule has 5 nitrogen and oxygen atoms in total. The smallest absolute Gasteiger partial charge is 0.360 e. The van der Waals surface area contributed by atoms with E-state index in [4.69, 9.17) is 10.5 Å². The van der Waals surface area contributed by atoms with Crippen LogP contribution in [0.25, 0.3) is 10.9 Å². The summed E-state index contributed by atoms with van der Waals surface area (Å²) >= 11 is 0. The number of esters is 1. The number of para-hydroxylation sites is 1. The fourth-order valence-corrected chi connectivity index (χ4v) is 3.19.